The van der Waals surface area contributed by atoms with Gasteiger partial charge in [-0.1, -0.05) is 30.9 Å². The summed E-state index contributed by atoms with van der Waals surface area (Å²) < 4.78 is 5.70. The van der Waals surface area contributed by atoms with E-state index in [9.17, 15) is 4.79 Å². The minimum Gasteiger partial charge on any atom is -0.469 e. The molecule has 17 heavy (non-hydrogen) atoms. The highest BCUT2D eigenvalue weighted by Gasteiger charge is 2.31. The standard InChI is InChI=1S/C6H9NOS2.C6H8O/c1-3-7-5(8)4(2)10-6(7)9;1-2-6-4-3-5-7-6/h4H,3H2,1-2H3;3-5H,2H2,1H3. The summed E-state index contributed by atoms with van der Waals surface area (Å²) >= 11 is 6.43. The van der Waals surface area contributed by atoms with Crippen LogP contribution >= 0.6 is 24.0 Å². The maximum Gasteiger partial charge on any atom is 0.241 e. The van der Waals surface area contributed by atoms with Gasteiger partial charge in [0.25, 0.3) is 0 Å². The van der Waals surface area contributed by atoms with Crippen molar-refractivity contribution >= 4 is 34.2 Å². The fraction of sp³-hybridized carbons (Fsp3) is 0.500. The van der Waals surface area contributed by atoms with Crippen molar-refractivity contribution < 1.29 is 9.21 Å². The van der Waals surface area contributed by atoms with Crippen molar-refractivity contribution in [3.8, 4) is 0 Å². The number of rotatable bonds is 2. The van der Waals surface area contributed by atoms with E-state index in [1.807, 2.05) is 26.0 Å². The molecule has 0 aliphatic carbocycles. The van der Waals surface area contributed by atoms with E-state index >= 15 is 0 Å². The first kappa shape index (κ1) is 14.3. The van der Waals surface area contributed by atoms with Crippen LogP contribution in [0.1, 0.15) is 26.5 Å². The lowest BCUT2D eigenvalue weighted by molar-refractivity contribution is -0.125. The van der Waals surface area contributed by atoms with Gasteiger partial charge in [-0.05, 0) is 26.0 Å². The highest BCUT2D eigenvalue weighted by molar-refractivity contribution is 8.24. The van der Waals surface area contributed by atoms with E-state index in [0.29, 0.717) is 6.54 Å². The molecule has 2 rings (SSSR count). The number of carbonyl (C=O) groups is 1. The van der Waals surface area contributed by atoms with Gasteiger partial charge >= 0.3 is 0 Å². The molecule has 2 heterocycles. The Labute approximate surface area is 112 Å². The summed E-state index contributed by atoms with van der Waals surface area (Å²) in [6.07, 6.45) is 2.69. The molecule has 94 valence electrons. The molecule has 0 N–H and O–H groups in total. The van der Waals surface area contributed by atoms with Crippen LogP contribution in [0.25, 0.3) is 0 Å². The lowest BCUT2D eigenvalue weighted by atomic mass is 10.4. The first-order valence-electron chi connectivity index (χ1n) is 5.64. The molecule has 1 aliphatic heterocycles. The molecule has 0 aromatic carbocycles. The lowest BCUT2D eigenvalue weighted by Crippen LogP contribution is -2.29. The Bertz CT molecular complexity index is 376. The molecule has 1 saturated heterocycles. The van der Waals surface area contributed by atoms with Crippen LogP contribution in [0.2, 0.25) is 0 Å². The molecule has 1 amide bonds. The van der Waals surface area contributed by atoms with E-state index in [-0.39, 0.29) is 11.2 Å². The van der Waals surface area contributed by atoms with Gasteiger partial charge in [-0.15, -0.1) is 0 Å². The monoisotopic (exact) mass is 271 g/mol. The first-order chi connectivity index (χ1) is 8.10. The van der Waals surface area contributed by atoms with Crippen molar-refractivity contribution in [2.75, 3.05) is 6.54 Å². The fourth-order valence-electron chi connectivity index (χ4n) is 1.37. The van der Waals surface area contributed by atoms with Gasteiger partial charge in [0.2, 0.25) is 5.91 Å². The van der Waals surface area contributed by atoms with Crippen LogP contribution in [0.5, 0.6) is 0 Å². The average molecular weight is 271 g/mol. The highest BCUT2D eigenvalue weighted by Crippen LogP contribution is 2.25. The fourth-order valence-corrected chi connectivity index (χ4v) is 2.90. The molecule has 1 atom stereocenters. The van der Waals surface area contributed by atoms with Crippen LogP contribution in [-0.4, -0.2) is 26.9 Å². The molecule has 1 unspecified atom stereocenters. The zero-order valence-electron chi connectivity index (χ0n) is 10.3. The van der Waals surface area contributed by atoms with Gasteiger partial charge in [-0.3, -0.25) is 9.69 Å². The third-order valence-corrected chi connectivity index (χ3v) is 3.84. The van der Waals surface area contributed by atoms with Gasteiger partial charge in [0.1, 0.15) is 10.1 Å². The third-order valence-electron chi connectivity index (χ3n) is 2.36. The van der Waals surface area contributed by atoms with Crippen LogP contribution in [-0.2, 0) is 11.2 Å². The predicted molar refractivity (Wildman–Crippen MR) is 75.1 cm³/mol. The Morgan fingerprint density at radius 2 is 2.24 bits per heavy atom. The van der Waals surface area contributed by atoms with Gasteiger partial charge in [0, 0.05) is 13.0 Å². The maximum absolute atomic E-state index is 11.2. The Balaban J connectivity index is 0.000000181. The number of amides is 1. The van der Waals surface area contributed by atoms with E-state index in [4.69, 9.17) is 16.6 Å². The quantitative estimate of drug-likeness (QED) is 0.774. The molecular weight excluding hydrogens is 254 g/mol. The summed E-state index contributed by atoms with van der Waals surface area (Å²) in [6.45, 7) is 6.59. The molecule has 0 bridgehead atoms. The number of carbonyl (C=O) groups excluding carboxylic acids is 1. The van der Waals surface area contributed by atoms with Crippen LogP contribution in [0, 0.1) is 0 Å². The number of furan rings is 1. The van der Waals surface area contributed by atoms with Gasteiger partial charge in [-0.25, -0.2) is 0 Å². The minimum atomic E-state index is 0.0347. The Morgan fingerprint density at radius 1 is 1.53 bits per heavy atom. The summed E-state index contributed by atoms with van der Waals surface area (Å²) in [5.41, 5.74) is 0. The van der Waals surface area contributed by atoms with E-state index in [1.54, 1.807) is 11.2 Å². The van der Waals surface area contributed by atoms with Crippen molar-refractivity contribution in [2.45, 2.75) is 32.4 Å². The van der Waals surface area contributed by atoms with Crippen molar-refractivity contribution in [2.24, 2.45) is 0 Å². The molecule has 0 spiro atoms. The Morgan fingerprint density at radius 3 is 2.47 bits per heavy atom. The summed E-state index contributed by atoms with van der Waals surface area (Å²) in [5.74, 6) is 1.21. The van der Waals surface area contributed by atoms with Crippen LogP contribution in [0.4, 0.5) is 0 Å². The summed E-state index contributed by atoms with van der Waals surface area (Å²) in [6, 6.07) is 3.87. The van der Waals surface area contributed by atoms with E-state index < -0.39 is 0 Å². The van der Waals surface area contributed by atoms with Crippen molar-refractivity contribution in [3.05, 3.63) is 24.2 Å². The number of hydrogen-bond acceptors (Lipinski definition) is 4. The van der Waals surface area contributed by atoms with Crippen molar-refractivity contribution in [1.82, 2.24) is 4.90 Å². The molecule has 1 aromatic heterocycles. The molecule has 0 radical (unpaired) electrons. The van der Waals surface area contributed by atoms with E-state index in [2.05, 4.69) is 6.92 Å². The first-order valence-corrected chi connectivity index (χ1v) is 6.93. The largest absolute Gasteiger partial charge is 0.469 e. The topological polar surface area (TPSA) is 33.5 Å². The van der Waals surface area contributed by atoms with Gasteiger partial charge in [0.15, 0.2) is 0 Å². The van der Waals surface area contributed by atoms with Crippen LogP contribution < -0.4 is 0 Å². The van der Waals surface area contributed by atoms with Crippen molar-refractivity contribution in [1.29, 1.82) is 0 Å². The maximum atomic E-state index is 11.2. The van der Waals surface area contributed by atoms with Crippen LogP contribution in [0.3, 0.4) is 0 Å². The van der Waals surface area contributed by atoms with Gasteiger partial charge in [0.05, 0.1) is 11.5 Å². The molecule has 1 fully saturated rings. The average Bonchev–Trinajstić information content (AvgIpc) is 2.90. The molecule has 1 aromatic rings. The zero-order chi connectivity index (χ0) is 12.8. The molecule has 0 saturated carbocycles. The van der Waals surface area contributed by atoms with E-state index in [0.717, 1.165) is 16.5 Å². The van der Waals surface area contributed by atoms with Gasteiger partial charge in [-0.2, -0.15) is 0 Å². The number of thioether (sulfide) groups is 1. The smallest absolute Gasteiger partial charge is 0.241 e. The number of nitrogens with zero attached hydrogens (tertiary/aromatic N) is 1. The van der Waals surface area contributed by atoms with Crippen LogP contribution in [0.15, 0.2) is 22.8 Å². The molecule has 3 nitrogen and oxygen atoms in total. The lowest BCUT2D eigenvalue weighted by Gasteiger charge is -2.10. The zero-order valence-corrected chi connectivity index (χ0v) is 11.9. The molecular formula is C12H17NO2S2. The number of aryl methyl sites for hydroxylation is 1. The number of thiocarbonyl (C=S) groups is 1. The van der Waals surface area contributed by atoms with E-state index in [1.165, 1.54) is 11.8 Å². The molecule has 1 aliphatic rings. The number of hydrogen-bond donors (Lipinski definition) is 0. The summed E-state index contributed by atoms with van der Waals surface area (Å²) in [5, 5.41) is 0.0347. The van der Waals surface area contributed by atoms with Crippen molar-refractivity contribution in [3.63, 3.8) is 0 Å². The Hall–Kier alpha value is -0.810. The highest BCUT2D eigenvalue weighted by atomic mass is 32.2. The third kappa shape index (κ3) is 3.85. The second-order valence-corrected chi connectivity index (χ2v) is 5.52. The predicted octanol–water partition coefficient (Wildman–Crippen LogP) is 3.10. The second kappa shape index (κ2) is 6.81. The SMILES string of the molecule is CCN1C(=O)C(C)SC1=S.CCc1ccco1. The summed E-state index contributed by atoms with van der Waals surface area (Å²) in [4.78, 5) is 12.8. The Kier molecular flexibility index (Phi) is 5.71. The summed E-state index contributed by atoms with van der Waals surface area (Å²) in [7, 11) is 0. The molecule has 5 heteroatoms. The minimum absolute atomic E-state index is 0.0347. The van der Waals surface area contributed by atoms with Gasteiger partial charge < -0.3 is 4.42 Å². The second-order valence-electron chi connectivity index (χ2n) is 3.54. The normalized spacial score (nSPS) is 19.2.